The van der Waals surface area contributed by atoms with Gasteiger partial charge >= 0.3 is 0 Å². The van der Waals surface area contributed by atoms with Gasteiger partial charge in [-0.1, -0.05) is 24.3 Å². The molecule has 20 heavy (non-hydrogen) atoms. The fourth-order valence-electron chi connectivity index (χ4n) is 2.06. The molecule has 0 saturated heterocycles. The largest absolute Gasteiger partial charge is 0.389 e. The zero-order chi connectivity index (χ0) is 14.7. The van der Waals surface area contributed by atoms with Crippen LogP contribution >= 0.6 is 0 Å². The molecule has 2 aromatic rings. The summed E-state index contributed by atoms with van der Waals surface area (Å²) in [5, 5.41) is 9.42. The minimum absolute atomic E-state index is 0.275. The molecule has 0 spiro atoms. The predicted molar refractivity (Wildman–Crippen MR) is 75.5 cm³/mol. The number of aliphatic hydroxyl groups is 1. The fraction of sp³-hybridized carbons (Fsp3) is 0.250. The zero-order valence-electron chi connectivity index (χ0n) is 11.5. The Labute approximate surface area is 117 Å². The van der Waals surface area contributed by atoms with E-state index in [1.807, 2.05) is 0 Å². The van der Waals surface area contributed by atoms with E-state index in [0.717, 1.165) is 0 Å². The van der Waals surface area contributed by atoms with Crippen molar-refractivity contribution in [3.8, 4) is 0 Å². The van der Waals surface area contributed by atoms with Crippen molar-refractivity contribution in [2.24, 2.45) is 0 Å². The van der Waals surface area contributed by atoms with Crippen molar-refractivity contribution in [3.63, 3.8) is 0 Å². The Bertz CT molecular complexity index is 599. The molecule has 0 bridgehead atoms. The fourth-order valence-corrected chi connectivity index (χ4v) is 2.06. The van der Waals surface area contributed by atoms with E-state index in [9.17, 15) is 13.9 Å². The van der Waals surface area contributed by atoms with Crippen molar-refractivity contribution in [2.75, 3.05) is 11.9 Å². The Morgan fingerprint density at radius 1 is 1.10 bits per heavy atom. The third kappa shape index (κ3) is 3.14. The molecule has 0 aliphatic heterocycles. The average Bonchev–Trinajstić information content (AvgIpc) is 2.41. The number of halogens is 2. The summed E-state index contributed by atoms with van der Waals surface area (Å²) in [6, 6.07) is 11.0. The lowest BCUT2D eigenvalue weighted by Gasteiger charge is -2.21. The number of rotatable bonds is 4. The van der Waals surface area contributed by atoms with Crippen molar-refractivity contribution < 1.29 is 13.9 Å². The highest BCUT2D eigenvalue weighted by molar-refractivity contribution is 5.49. The van der Waals surface area contributed by atoms with Crippen molar-refractivity contribution in [3.05, 3.63) is 65.2 Å². The Morgan fingerprint density at radius 2 is 1.80 bits per heavy atom. The maximum absolute atomic E-state index is 14.0. The van der Waals surface area contributed by atoms with Crippen LogP contribution in [0.25, 0.3) is 0 Å². The molecule has 0 aliphatic rings. The summed E-state index contributed by atoms with van der Waals surface area (Å²) in [7, 11) is 1.70. The van der Waals surface area contributed by atoms with E-state index < -0.39 is 11.9 Å². The first-order valence-corrected chi connectivity index (χ1v) is 6.41. The van der Waals surface area contributed by atoms with E-state index in [1.165, 1.54) is 12.1 Å². The summed E-state index contributed by atoms with van der Waals surface area (Å²) in [5.41, 5.74) is 1.40. The molecule has 1 N–H and O–H groups in total. The molecular weight excluding hydrogens is 260 g/mol. The maximum atomic E-state index is 14.0. The van der Waals surface area contributed by atoms with Crippen LogP contribution in [0.1, 0.15) is 24.2 Å². The summed E-state index contributed by atoms with van der Waals surface area (Å²) < 4.78 is 27.6. The minimum atomic E-state index is -0.713. The highest BCUT2D eigenvalue weighted by atomic mass is 19.1. The number of benzene rings is 2. The third-order valence-electron chi connectivity index (χ3n) is 3.23. The second-order valence-corrected chi connectivity index (χ2v) is 4.83. The lowest BCUT2D eigenvalue weighted by Crippen LogP contribution is -2.18. The smallest absolute Gasteiger partial charge is 0.146 e. The summed E-state index contributed by atoms with van der Waals surface area (Å²) in [6.07, 6.45) is -0.713. The van der Waals surface area contributed by atoms with Gasteiger partial charge < -0.3 is 10.0 Å². The normalized spacial score (nSPS) is 12.2. The molecule has 1 unspecified atom stereocenters. The van der Waals surface area contributed by atoms with Gasteiger partial charge in [0.25, 0.3) is 0 Å². The monoisotopic (exact) mass is 277 g/mol. The summed E-state index contributed by atoms with van der Waals surface area (Å²) in [5.74, 6) is -0.734. The van der Waals surface area contributed by atoms with Gasteiger partial charge in [-0.2, -0.15) is 0 Å². The quantitative estimate of drug-likeness (QED) is 0.922. The van der Waals surface area contributed by atoms with Crippen LogP contribution in [0, 0.1) is 11.6 Å². The Hall–Kier alpha value is -1.94. The molecule has 106 valence electrons. The highest BCUT2D eigenvalue weighted by Gasteiger charge is 2.12. The van der Waals surface area contributed by atoms with Crippen LogP contribution in [0.4, 0.5) is 14.5 Å². The van der Waals surface area contributed by atoms with Gasteiger partial charge in [0, 0.05) is 19.2 Å². The van der Waals surface area contributed by atoms with Gasteiger partial charge in [0.2, 0.25) is 0 Å². The van der Waals surface area contributed by atoms with Gasteiger partial charge in [0.15, 0.2) is 0 Å². The molecule has 2 nitrogen and oxygen atoms in total. The van der Waals surface area contributed by atoms with Crippen molar-refractivity contribution >= 4 is 5.69 Å². The molecule has 0 aliphatic carbocycles. The van der Waals surface area contributed by atoms with E-state index in [2.05, 4.69) is 0 Å². The second-order valence-electron chi connectivity index (χ2n) is 4.83. The predicted octanol–water partition coefficient (Wildman–Crippen LogP) is 3.65. The number of anilines is 1. The van der Waals surface area contributed by atoms with Crippen LogP contribution in [0.2, 0.25) is 0 Å². The van der Waals surface area contributed by atoms with Gasteiger partial charge in [-0.25, -0.2) is 8.78 Å². The lowest BCUT2D eigenvalue weighted by atomic mass is 10.1. The van der Waals surface area contributed by atoms with Gasteiger partial charge in [0.1, 0.15) is 11.6 Å². The van der Waals surface area contributed by atoms with E-state index in [1.54, 1.807) is 49.2 Å². The Balaban J connectivity index is 2.21. The molecule has 1 atom stereocenters. The first kappa shape index (κ1) is 14.5. The maximum Gasteiger partial charge on any atom is 0.146 e. The SMILES string of the molecule is CC(O)c1ccc(N(C)Cc2ccccc2F)c(F)c1. The Morgan fingerprint density at radius 3 is 2.40 bits per heavy atom. The summed E-state index contributed by atoms with van der Waals surface area (Å²) >= 11 is 0. The molecule has 0 radical (unpaired) electrons. The van der Waals surface area contributed by atoms with Crippen molar-refractivity contribution in [2.45, 2.75) is 19.6 Å². The average molecular weight is 277 g/mol. The van der Waals surface area contributed by atoms with Crippen LogP contribution in [0.15, 0.2) is 42.5 Å². The number of hydrogen-bond acceptors (Lipinski definition) is 2. The molecule has 0 fully saturated rings. The molecular formula is C16H17F2NO. The zero-order valence-corrected chi connectivity index (χ0v) is 11.5. The molecule has 2 aromatic carbocycles. The number of aliphatic hydroxyl groups excluding tert-OH is 1. The molecule has 0 aromatic heterocycles. The van der Waals surface area contributed by atoms with Crippen LogP contribution in [0.5, 0.6) is 0 Å². The van der Waals surface area contributed by atoms with Crippen molar-refractivity contribution in [1.29, 1.82) is 0 Å². The highest BCUT2D eigenvalue weighted by Crippen LogP contribution is 2.24. The van der Waals surface area contributed by atoms with Gasteiger partial charge in [-0.05, 0) is 30.7 Å². The molecule has 2 rings (SSSR count). The van der Waals surface area contributed by atoms with Gasteiger partial charge in [-0.3, -0.25) is 0 Å². The topological polar surface area (TPSA) is 23.5 Å². The van der Waals surface area contributed by atoms with Crippen LogP contribution < -0.4 is 4.90 Å². The van der Waals surface area contributed by atoms with Crippen LogP contribution in [0.3, 0.4) is 0 Å². The summed E-state index contributed by atoms with van der Waals surface area (Å²) in [4.78, 5) is 1.64. The minimum Gasteiger partial charge on any atom is -0.389 e. The van der Waals surface area contributed by atoms with Gasteiger partial charge in [-0.15, -0.1) is 0 Å². The first-order valence-electron chi connectivity index (χ1n) is 6.41. The standard InChI is InChI=1S/C16H17F2NO/c1-11(20)12-7-8-16(15(18)9-12)19(2)10-13-5-3-4-6-14(13)17/h3-9,11,20H,10H2,1-2H3. The molecule has 4 heteroatoms. The second kappa shape index (κ2) is 6.01. The van der Waals surface area contributed by atoms with E-state index in [0.29, 0.717) is 16.8 Å². The molecule has 0 heterocycles. The van der Waals surface area contributed by atoms with E-state index in [-0.39, 0.29) is 12.4 Å². The molecule has 0 saturated carbocycles. The van der Waals surface area contributed by atoms with E-state index in [4.69, 9.17) is 0 Å². The van der Waals surface area contributed by atoms with Crippen LogP contribution in [-0.4, -0.2) is 12.2 Å². The third-order valence-corrected chi connectivity index (χ3v) is 3.23. The van der Waals surface area contributed by atoms with Crippen LogP contribution in [-0.2, 0) is 6.54 Å². The van der Waals surface area contributed by atoms with Crippen molar-refractivity contribution in [1.82, 2.24) is 0 Å². The summed E-state index contributed by atoms with van der Waals surface area (Å²) in [6.45, 7) is 1.86. The Kier molecular flexibility index (Phi) is 4.35. The van der Waals surface area contributed by atoms with Gasteiger partial charge in [0.05, 0.1) is 11.8 Å². The number of hydrogen-bond donors (Lipinski definition) is 1. The molecule has 0 amide bonds. The van der Waals surface area contributed by atoms with E-state index >= 15 is 0 Å². The lowest BCUT2D eigenvalue weighted by molar-refractivity contribution is 0.199. The first-order chi connectivity index (χ1) is 9.49. The number of nitrogens with zero attached hydrogens (tertiary/aromatic N) is 1.